The summed E-state index contributed by atoms with van der Waals surface area (Å²) in [5.41, 5.74) is 2.63. The Morgan fingerprint density at radius 3 is 1.86 bits per heavy atom. The minimum absolute atomic E-state index is 0.0197. The molecule has 1 aromatic rings. The Morgan fingerprint density at radius 2 is 1.31 bits per heavy atom. The van der Waals surface area contributed by atoms with Crippen LogP contribution in [-0.2, 0) is 23.8 Å². The first-order valence-electron chi connectivity index (χ1n) is 20.8. The van der Waals surface area contributed by atoms with Crippen molar-refractivity contribution in [1.82, 2.24) is 19.6 Å². The van der Waals surface area contributed by atoms with Crippen LogP contribution >= 0.6 is 0 Å². The maximum absolute atomic E-state index is 13.5. The van der Waals surface area contributed by atoms with E-state index in [9.17, 15) is 30.0 Å². The van der Waals surface area contributed by atoms with Crippen LogP contribution in [0.5, 0.6) is 17.2 Å². The van der Waals surface area contributed by atoms with E-state index < -0.39 is 12.1 Å². The highest BCUT2D eigenvalue weighted by Gasteiger charge is 2.70. The predicted molar refractivity (Wildman–Crippen MR) is 201 cm³/mol. The molecule has 0 aromatic heterocycles. The molecule has 0 amide bonds. The van der Waals surface area contributed by atoms with E-state index in [4.69, 9.17) is 18.9 Å². The largest absolute Gasteiger partial charge is 0.872 e. The second-order valence-electron chi connectivity index (χ2n) is 18.0. The highest BCUT2D eigenvalue weighted by molar-refractivity contribution is 6.25. The molecular weight excluding hydrogens is 748 g/mol. The van der Waals surface area contributed by atoms with Gasteiger partial charge < -0.3 is 39.4 Å². The fourth-order valence-electron chi connectivity index (χ4n) is 13.9. The highest BCUT2D eigenvalue weighted by Crippen LogP contribution is 2.59. The van der Waals surface area contributed by atoms with Gasteiger partial charge in [0.2, 0.25) is 17.9 Å². The molecule has 310 valence electrons. The molecule has 6 saturated heterocycles. The number of benzene rings is 1. The molecule has 0 saturated carbocycles. The van der Waals surface area contributed by atoms with Crippen molar-refractivity contribution in [1.29, 1.82) is 0 Å². The van der Waals surface area contributed by atoms with Gasteiger partial charge in [0.25, 0.3) is 0 Å². The van der Waals surface area contributed by atoms with Crippen LogP contribution in [0.25, 0.3) is 0 Å². The number of hydrogen-bond acceptors (Lipinski definition) is 14. The topological polar surface area (TPSA) is 177 Å². The van der Waals surface area contributed by atoms with Gasteiger partial charge in [0.1, 0.15) is 43.5 Å². The van der Waals surface area contributed by atoms with Gasteiger partial charge in [-0.05, 0) is 51.9 Å². The van der Waals surface area contributed by atoms with Crippen LogP contribution in [0.3, 0.4) is 0 Å². The Balaban J connectivity index is 0.000000133. The Kier molecular flexibility index (Phi) is 8.28. The SMILES string of the molecule is COC1=C(C)C(=O)C2=C(C1=O)C(CO)[N+]1=CC3CC4C(C1C2N1CCOC41)N3C.COc1c(C)c([O-])c2c(c1[O-])C(CO)[N+]1=CC3CC4C(C1C2N1CCOC41)N3C. The number of ether oxygens (including phenoxy) is 4. The summed E-state index contributed by atoms with van der Waals surface area (Å²) in [4.78, 5) is 36.3. The summed E-state index contributed by atoms with van der Waals surface area (Å²) in [7, 11) is 7.13. The molecule has 14 atom stereocenters. The van der Waals surface area contributed by atoms with Gasteiger partial charge in [0.15, 0.2) is 36.1 Å². The minimum Gasteiger partial charge on any atom is -0.872 e. The van der Waals surface area contributed by atoms with E-state index in [0.29, 0.717) is 58.5 Å². The third-order valence-corrected chi connectivity index (χ3v) is 16.1. The number of likely N-dealkylation sites (N-methyl/N-ethyl adjacent to an activating group) is 2. The number of methoxy groups -OCH3 is 2. The van der Waals surface area contributed by atoms with Crippen LogP contribution in [0.1, 0.15) is 48.5 Å². The van der Waals surface area contributed by atoms with Crippen LogP contribution in [0.2, 0.25) is 0 Å². The van der Waals surface area contributed by atoms with Gasteiger partial charge in [-0.15, -0.1) is 0 Å². The normalized spacial score (nSPS) is 41.7. The van der Waals surface area contributed by atoms with Gasteiger partial charge in [-0.1, -0.05) is 11.5 Å². The first-order valence-corrected chi connectivity index (χ1v) is 20.8. The number of Topliss-reactive ketones (excluding diaryl/α,β-unsaturated/α-hetero) is 2. The van der Waals surface area contributed by atoms with E-state index in [1.807, 2.05) is 0 Å². The van der Waals surface area contributed by atoms with Crippen LogP contribution < -0.4 is 14.9 Å². The summed E-state index contributed by atoms with van der Waals surface area (Å²) < 4.78 is 27.3. The first kappa shape index (κ1) is 37.3. The monoisotopic (exact) mass is 800 g/mol. The molecule has 12 rings (SSSR count). The molecule has 16 heteroatoms. The molecule has 1 aromatic carbocycles. The number of nitrogens with zero attached hydrogens (tertiary/aromatic N) is 6. The maximum atomic E-state index is 13.5. The number of fused-ring (bicyclic) bond motifs is 11. The summed E-state index contributed by atoms with van der Waals surface area (Å²) in [6, 6.07) is -0.476. The fourth-order valence-corrected chi connectivity index (χ4v) is 13.9. The van der Waals surface area contributed by atoms with Gasteiger partial charge in [-0.2, -0.15) is 0 Å². The van der Waals surface area contributed by atoms with Gasteiger partial charge in [0.05, 0.1) is 57.2 Å². The summed E-state index contributed by atoms with van der Waals surface area (Å²) in [5, 5.41) is 47.6. The lowest BCUT2D eigenvalue weighted by atomic mass is 9.70. The van der Waals surface area contributed by atoms with Gasteiger partial charge in [-0.3, -0.25) is 29.2 Å². The number of hydrogen-bond donors (Lipinski definition) is 2. The molecule has 6 fully saturated rings. The van der Waals surface area contributed by atoms with Crippen molar-refractivity contribution in [3.8, 4) is 17.2 Å². The van der Waals surface area contributed by atoms with E-state index in [0.717, 1.165) is 25.9 Å². The lowest BCUT2D eigenvalue weighted by molar-refractivity contribution is -0.634. The standard InChI is InChI=1S/C21H27N3O5.C21H26N3O5/c2*1-9-18(26)14-13(19(27)20(9)28-3)12(8-25)24-7-10-6-11-15(22(10)2)17(24)16(14)23-4-5-29-21(11)23/h7,10-12,15-17,21,25H,4-6,8H2,1-3H3,(H-,26,27);7,10-12,15-17,21,25H,4-6,8H2,1-3H3/q;+1/p-1. The quantitative estimate of drug-likeness (QED) is 0.253. The Morgan fingerprint density at radius 1 is 0.759 bits per heavy atom. The number of rotatable bonds is 4. The van der Waals surface area contributed by atoms with Crippen molar-refractivity contribution in [2.24, 2.45) is 11.8 Å². The van der Waals surface area contributed by atoms with E-state index in [1.54, 1.807) is 13.8 Å². The van der Waals surface area contributed by atoms with Crippen LogP contribution in [0, 0.1) is 18.8 Å². The van der Waals surface area contributed by atoms with Crippen molar-refractivity contribution in [3.05, 3.63) is 39.2 Å². The number of allylic oxidation sites excluding steroid dienone is 2. The summed E-state index contributed by atoms with van der Waals surface area (Å²) in [6.45, 7) is 5.69. The van der Waals surface area contributed by atoms with E-state index in [-0.39, 0.29) is 109 Å². The number of aliphatic hydroxyl groups is 2. The highest BCUT2D eigenvalue weighted by atomic mass is 16.5. The van der Waals surface area contributed by atoms with Gasteiger partial charge >= 0.3 is 0 Å². The Labute approximate surface area is 336 Å². The second-order valence-corrected chi connectivity index (χ2v) is 18.0. The smallest absolute Gasteiger partial charge is 0.231 e. The third-order valence-electron chi connectivity index (χ3n) is 16.1. The van der Waals surface area contributed by atoms with E-state index in [2.05, 4.69) is 55.3 Å². The summed E-state index contributed by atoms with van der Waals surface area (Å²) in [5.74, 6) is 0.120. The molecule has 58 heavy (non-hydrogen) atoms. The first-order chi connectivity index (χ1) is 28.0. The molecule has 1 aliphatic carbocycles. The maximum Gasteiger partial charge on any atom is 0.231 e. The third kappa shape index (κ3) is 4.42. The zero-order valence-corrected chi connectivity index (χ0v) is 33.7. The Hall–Kier alpha value is -3.74. The molecule has 14 unspecified atom stereocenters. The van der Waals surface area contributed by atoms with Crippen molar-refractivity contribution < 1.29 is 58.1 Å². The fraction of sp³-hybridized carbons (Fsp3) is 0.667. The predicted octanol–water partition coefficient (Wildman–Crippen LogP) is -2.01. The molecule has 11 aliphatic rings. The van der Waals surface area contributed by atoms with Crippen molar-refractivity contribution >= 4 is 24.0 Å². The number of piperidine rings is 2. The zero-order valence-electron chi connectivity index (χ0n) is 33.7. The Bertz CT molecular complexity index is 2170. The van der Waals surface area contributed by atoms with Gasteiger partial charge in [0, 0.05) is 41.6 Å². The van der Waals surface area contributed by atoms with Crippen molar-refractivity contribution in [3.63, 3.8) is 0 Å². The van der Waals surface area contributed by atoms with Gasteiger partial charge in [-0.25, -0.2) is 9.15 Å². The average Bonchev–Trinajstić information content (AvgIpc) is 3.99. The molecule has 10 heterocycles. The van der Waals surface area contributed by atoms with Crippen LogP contribution in [0.15, 0.2) is 22.5 Å². The summed E-state index contributed by atoms with van der Waals surface area (Å²) in [6.07, 6.45) is 6.28. The van der Waals surface area contributed by atoms with Crippen LogP contribution in [-0.4, -0.2) is 192 Å². The molecule has 0 radical (unpaired) electrons. The second kappa shape index (κ2) is 12.9. The molecule has 16 nitrogen and oxygen atoms in total. The lowest BCUT2D eigenvalue weighted by Gasteiger charge is -2.53. The number of carbonyl (C=O) groups excluding carboxylic acids is 2. The molecule has 2 N–H and O–H groups in total. The average molecular weight is 801 g/mol. The lowest BCUT2D eigenvalue weighted by Crippen LogP contribution is -2.73. The van der Waals surface area contributed by atoms with Crippen LogP contribution in [0.4, 0.5) is 0 Å². The zero-order chi connectivity index (χ0) is 40.4. The van der Waals surface area contributed by atoms with Crippen molar-refractivity contribution in [2.75, 3.05) is 67.8 Å². The summed E-state index contributed by atoms with van der Waals surface area (Å²) >= 11 is 0. The number of aliphatic hydroxyl groups excluding tert-OH is 2. The molecular formula is C42H52N6O10. The number of carbonyl (C=O) groups is 2. The van der Waals surface area contributed by atoms with Crippen molar-refractivity contribution in [2.45, 2.75) is 99.6 Å². The van der Waals surface area contributed by atoms with E-state index in [1.165, 1.54) is 14.2 Å². The minimum atomic E-state index is -0.515. The molecule has 10 aliphatic heterocycles. The molecule has 0 spiro atoms. The number of ketones is 2. The van der Waals surface area contributed by atoms with E-state index >= 15 is 0 Å². The molecule has 4 bridgehead atoms.